The van der Waals surface area contributed by atoms with Crippen LogP contribution in [0.4, 0.5) is 0 Å². The molecule has 1 aromatic rings. The van der Waals surface area contributed by atoms with Crippen molar-refractivity contribution in [3.05, 3.63) is 34.2 Å². The van der Waals surface area contributed by atoms with Crippen molar-refractivity contribution in [1.29, 1.82) is 0 Å². The van der Waals surface area contributed by atoms with Gasteiger partial charge in [0.25, 0.3) is 0 Å². The highest BCUT2D eigenvalue weighted by Gasteiger charge is 2.05. The van der Waals surface area contributed by atoms with E-state index in [1.165, 1.54) is 0 Å². The van der Waals surface area contributed by atoms with Gasteiger partial charge in [-0.15, -0.1) is 0 Å². The van der Waals surface area contributed by atoms with Crippen molar-refractivity contribution < 1.29 is 0 Å². The standard InChI is InChI=1S/C10H16N2O/c1-7(2)12-8(3)9-4-5-11-10(13)6-9/h4-8,12H,1-3H3,(H,11,13). The van der Waals surface area contributed by atoms with E-state index in [1.807, 2.05) is 6.07 Å². The lowest BCUT2D eigenvalue weighted by Gasteiger charge is -2.16. The largest absolute Gasteiger partial charge is 0.329 e. The zero-order valence-corrected chi connectivity index (χ0v) is 8.29. The molecule has 1 rings (SSSR count). The van der Waals surface area contributed by atoms with Gasteiger partial charge < -0.3 is 10.3 Å². The Morgan fingerprint density at radius 2 is 2.08 bits per heavy atom. The van der Waals surface area contributed by atoms with Crippen LogP contribution in [-0.4, -0.2) is 11.0 Å². The molecule has 2 N–H and O–H groups in total. The smallest absolute Gasteiger partial charge is 0.248 e. The second-order valence-electron chi connectivity index (χ2n) is 3.53. The molecule has 0 saturated carbocycles. The molecule has 0 fully saturated rings. The molecule has 1 aromatic heterocycles. The summed E-state index contributed by atoms with van der Waals surface area (Å²) in [7, 11) is 0. The van der Waals surface area contributed by atoms with E-state index >= 15 is 0 Å². The van der Waals surface area contributed by atoms with Crippen LogP contribution in [0.2, 0.25) is 0 Å². The second kappa shape index (κ2) is 4.23. The fraction of sp³-hybridized carbons (Fsp3) is 0.500. The molecule has 0 bridgehead atoms. The molecule has 1 atom stereocenters. The van der Waals surface area contributed by atoms with Crippen LogP contribution < -0.4 is 10.9 Å². The molecule has 1 unspecified atom stereocenters. The van der Waals surface area contributed by atoms with Crippen LogP contribution in [0, 0.1) is 0 Å². The number of rotatable bonds is 3. The van der Waals surface area contributed by atoms with Gasteiger partial charge in [0.2, 0.25) is 5.56 Å². The summed E-state index contributed by atoms with van der Waals surface area (Å²) in [6.07, 6.45) is 1.68. The van der Waals surface area contributed by atoms with Crippen molar-refractivity contribution >= 4 is 0 Å². The fourth-order valence-corrected chi connectivity index (χ4v) is 1.33. The quantitative estimate of drug-likeness (QED) is 0.739. The Morgan fingerprint density at radius 3 is 2.62 bits per heavy atom. The first-order valence-corrected chi connectivity index (χ1v) is 4.54. The first-order valence-electron chi connectivity index (χ1n) is 4.54. The lowest BCUT2D eigenvalue weighted by molar-refractivity contribution is 0.505. The number of pyridine rings is 1. The van der Waals surface area contributed by atoms with Crippen molar-refractivity contribution in [2.75, 3.05) is 0 Å². The van der Waals surface area contributed by atoms with Crippen LogP contribution in [-0.2, 0) is 0 Å². The van der Waals surface area contributed by atoms with E-state index < -0.39 is 0 Å². The fourth-order valence-electron chi connectivity index (χ4n) is 1.33. The number of hydrogen-bond acceptors (Lipinski definition) is 2. The van der Waals surface area contributed by atoms with Crippen molar-refractivity contribution in [1.82, 2.24) is 10.3 Å². The highest BCUT2D eigenvalue weighted by atomic mass is 16.1. The monoisotopic (exact) mass is 180 g/mol. The Kier molecular flexibility index (Phi) is 3.25. The minimum atomic E-state index is -0.0464. The summed E-state index contributed by atoms with van der Waals surface area (Å²) >= 11 is 0. The molecule has 0 amide bonds. The summed E-state index contributed by atoms with van der Waals surface area (Å²) in [5.74, 6) is 0. The van der Waals surface area contributed by atoms with Gasteiger partial charge in [-0.2, -0.15) is 0 Å². The SMILES string of the molecule is CC(C)NC(C)c1cc[nH]c(=O)c1. The van der Waals surface area contributed by atoms with Crippen molar-refractivity contribution in [2.45, 2.75) is 32.9 Å². The third kappa shape index (κ3) is 3.03. The molecule has 1 heterocycles. The Balaban J connectivity index is 2.77. The third-order valence-electron chi connectivity index (χ3n) is 1.88. The van der Waals surface area contributed by atoms with Gasteiger partial charge in [-0.25, -0.2) is 0 Å². The summed E-state index contributed by atoms with van der Waals surface area (Å²) in [6.45, 7) is 6.22. The molecular weight excluding hydrogens is 164 g/mol. The number of H-pyrrole nitrogens is 1. The van der Waals surface area contributed by atoms with Gasteiger partial charge in [0.05, 0.1) is 0 Å². The Labute approximate surface area is 78.2 Å². The van der Waals surface area contributed by atoms with Crippen LogP contribution in [0.5, 0.6) is 0 Å². The number of hydrogen-bond donors (Lipinski definition) is 2. The van der Waals surface area contributed by atoms with E-state index in [4.69, 9.17) is 0 Å². The predicted molar refractivity (Wildman–Crippen MR) is 53.7 cm³/mol. The van der Waals surface area contributed by atoms with Crippen LogP contribution >= 0.6 is 0 Å². The summed E-state index contributed by atoms with van der Waals surface area (Å²) in [5.41, 5.74) is 0.979. The topological polar surface area (TPSA) is 44.9 Å². The summed E-state index contributed by atoms with van der Waals surface area (Å²) in [6, 6.07) is 4.19. The zero-order valence-electron chi connectivity index (χ0n) is 8.29. The van der Waals surface area contributed by atoms with Crippen LogP contribution in [0.25, 0.3) is 0 Å². The number of aromatic nitrogens is 1. The normalized spacial score (nSPS) is 13.2. The zero-order chi connectivity index (χ0) is 9.84. The summed E-state index contributed by atoms with van der Waals surface area (Å²) < 4.78 is 0. The second-order valence-corrected chi connectivity index (χ2v) is 3.53. The highest BCUT2D eigenvalue weighted by Crippen LogP contribution is 2.08. The average molecular weight is 180 g/mol. The van der Waals surface area contributed by atoms with Crippen molar-refractivity contribution in [2.24, 2.45) is 0 Å². The predicted octanol–water partition coefficient (Wildman–Crippen LogP) is 1.43. The van der Waals surface area contributed by atoms with E-state index in [0.717, 1.165) is 5.56 Å². The van der Waals surface area contributed by atoms with Gasteiger partial charge in [0.1, 0.15) is 0 Å². The Hall–Kier alpha value is -1.09. The minimum Gasteiger partial charge on any atom is -0.329 e. The summed E-state index contributed by atoms with van der Waals surface area (Å²) in [5, 5.41) is 3.33. The molecule has 13 heavy (non-hydrogen) atoms. The van der Waals surface area contributed by atoms with Crippen LogP contribution in [0.1, 0.15) is 32.4 Å². The first kappa shape index (κ1) is 9.99. The molecular formula is C10H16N2O. The molecule has 72 valence electrons. The van der Waals surface area contributed by atoms with Gasteiger partial charge in [-0.3, -0.25) is 4.79 Å². The summed E-state index contributed by atoms with van der Waals surface area (Å²) in [4.78, 5) is 13.6. The van der Waals surface area contributed by atoms with Gasteiger partial charge in [-0.05, 0) is 18.6 Å². The van der Waals surface area contributed by atoms with Crippen molar-refractivity contribution in [3.8, 4) is 0 Å². The van der Waals surface area contributed by atoms with Crippen LogP contribution in [0.15, 0.2) is 23.1 Å². The lowest BCUT2D eigenvalue weighted by Crippen LogP contribution is -2.26. The number of nitrogens with one attached hydrogen (secondary N) is 2. The van der Waals surface area contributed by atoms with E-state index in [0.29, 0.717) is 6.04 Å². The molecule has 3 nitrogen and oxygen atoms in total. The van der Waals surface area contributed by atoms with Gasteiger partial charge in [0.15, 0.2) is 0 Å². The first-order chi connectivity index (χ1) is 6.09. The lowest BCUT2D eigenvalue weighted by atomic mass is 10.1. The molecule has 3 heteroatoms. The van der Waals surface area contributed by atoms with Crippen molar-refractivity contribution in [3.63, 3.8) is 0 Å². The van der Waals surface area contributed by atoms with E-state index in [1.54, 1.807) is 12.3 Å². The van der Waals surface area contributed by atoms with Gasteiger partial charge in [-0.1, -0.05) is 13.8 Å². The van der Waals surface area contributed by atoms with E-state index in [2.05, 4.69) is 31.1 Å². The van der Waals surface area contributed by atoms with E-state index in [-0.39, 0.29) is 11.6 Å². The Morgan fingerprint density at radius 1 is 1.38 bits per heavy atom. The van der Waals surface area contributed by atoms with Gasteiger partial charge in [0, 0.05) is 24.3 Å². The molecule has 0 spiro atoms. The maximum Gasteiger partial charge on any atom is 0.248 e. The third-order valence-corrected chi connectivity index (χ3v) is 1.88. The van der Waals surface area contributed by atoms with E-state index in [9.17, 15) is 4.79 Å². The highest BCUT2D eigenvalue weighted by molar-refractivity contribution is 5.14. The average Bonchev–Trinajstić information content (AvgIpc) is 2.03. The molecule has 0 aromatic carbocycles. The molecule has 0 radical (unpaired) electrons. The number of aromatic amines is 1. The van der Waals surface area contributed by atoms with Crippen LogP contribution in [0.3, 0.4) is 0 Å². The minimum absolute atomic E-state index is 0.0464. The maximum absolute atomic E-state index is 11.0. The molecule has 0 aliphatic rings. The maximum atomic E-state index is 11.0. The van der Waals surface area contributed by atoms with Gasteiger partial charge >= 0.3 is 0 Å². The Bertz CT molecular complexity index is 317. The molecule has 0 aliphatic heterocycles. The molecule has 0 saturated heterocycles. The molecule has 0 aliphatic carbocycles.